The highest BCUT2D eigenvalue weighted by atomic mass is 19.2. The molecular weight excluding hydrogens is 378 g/mol. The van der Waals surface area contributed by atoms with Gasteiger partial charge >= 0.3 is 11.9 Å². The molecule has 0 saturated heterocycles. The van der Waals surface area contributed by atoms with E-state index in [0.717, 1.165) is 6.08 Å². The van der Waals surface area contributed by atoms with E-state index in [1.165, 1.54) is 6.07 Å². The van der Waals surface area contributed by atoms with Crippen LogP contribution in [0.3, 0.4) is 0 Å². The molecule has 3 aromatic carbocycles. The maximum absolute atomic E-state index is 14.8. The highest BCUT2D eigenvalue weighted by Gasteiger charge is 2.17. The van der Waals surface area contributed by atoms with Gasteiger partial charge in [0.05, 0.1) is 12.5 Å². The van der Waals surface area contributed by atoms with Crippen molar-refractivity contribution in [2.75, 3.05) is 6.61 Å². The van der Waals surface area contributed by atoms with Crippen molar-refractivity contribution in [3.05, 3.63) is 66.3 Å². The van der Waals surface area contributed by atoms with Crippen LogP contribution in [0.25, 0.3) is 21.5 Å². The van der Waals surface area contributed by atoms with Crippen molar-refractivity contribution in [3.63, 3.8) is 0 Å². The Hall–Kier alpha value is -3.28. The van der Waals surface area contributed by atoms with Gasteiger partial charge in [-0.05, 0) is 40.6 Å². The summed E-state index contributed by atoms with van der Waals surface area (Å²) >= 11 is 0. The fraction of sp³-hybridized carbons (Fsp3) is 0.217. The molecule has 0 aromatic heterocycles. The van der Waals surface area contributed by atoms with Crippen molar-refractivity contribution in [2.45, 2.75) is 20.3 Å². The zero-order valence-electron chi connectivity index (χ0n) is 16.1. The van der Waals surface area contributed by atoms with Gasteiger partial charge in [0.2, 0.25) is 0 Å². The summed E-state index contributed by atoms with van der Waals surface area (Å²) in [5, 5.41) is 1.21. The van der Waals surface area contributed by atoms with Crippen LogP contribution < -0.4 is 4.74 Å². The third kappa shape index (κ3) is 4.26. The quantitative estimate of drug-likeness (QED) is 0.251. The second-order valence-corrected chi connectivity index (χ2v) is 6.91. The topological polar surface area (TPSA) is 52.6 Å². The van der Waals surface area contributed by atoms with Gasteiger partial charge in [0.15, 0.2) is 11.6 Å². The van der Waals surface area contributed by atoms with Crippen LogP contribution in [0.2, 0.25) is 0 Å². The molecule has 3 aromatic rings. The van der Waals surface area contributed by atoms with E-state index < -0.39 is 23.6 Å². The lowest BCUT2D eigenvalue weighted by Crippen LogP contribution is -2.14. The minimum absolute atomic E-state index is 0.0386. The molecule has 0 aliphatic carbocycles. The molecule has 0 aliphatic heterocycles. The van der Waals surface area contributed by atoms with Crippen LogP contribution in [-0.2, 0) is 20.7 Å². The van der Waals surface area contributed by atoms with Crippen molar-refractivity contribution < 1.29 is 27.8 Å². The third-order valence-corrected chi connectivity index (χ3v) is 4.52. The Bertz CT molecular complexity index is 1120. The number of hydrogen-bond acceptors (Lipinski definition) is 4. The van der Waals surface area contributed by atoms with Gasteiger partial charge in [-0.2, -0.15) is 0 Å². The Morgan fingerprint density at radius 1 is 1.00 bits per heavy atom. The van der Waals surface area contributed by atoms with Crippen LogP contribution in [0.4, 0.5) is 8.78 Å². The first kappa shape index (κ1) is 20.5. The summed E-state index contributed by atoms with van der Waals surface area (Å²) in [5.41, 5.74) is 0.703. The van der Waals surface area contributed by atoms with E-state index >= 15 is 0 Å². The number of fused-ring (bicyclic) bond motifs is 3. The maximum atomic E-state index is 14.8. The van der Waals surface area contributed by atoms with Gasteiger partial charge in [-0.3, -0.25) is 4.79 Å². The number of halogens is 2. The maximum Gasteiger partial charge on any atom is 0.330 e. The van der Waals surface area contributed by atoms with Crippen molar-refractivity contribution >= 4 is 33.5 Å². The van der Waals surface area contributed by atoms with E-state index in [4.69, 9.17) is 9.47 Å². The molecule has 150 valence electrons. The average Bonchev–Trinajstić information content (AvgIpc) is 2.71. The van der Waals surface area contributed by atoms with Gasteiger partial charge in [-0.25, -0.2) is 13.6 Å². The van der Waals surface area contributed by atoms with Crippen LogP contribution in [0, 0.1) is 17.6 Å². The van der Waals surface area contributed by atoms with Gasteiger partial charge in [0, 0.05) is 23.3 Å². The standard InChI is InChI=1S/C23H20F2O4/c1-4-20(26)28-10-9-14-5-7-16-17-8-6-15(29-23(27)13(2)3)12-19(17)22(25)21(24)18(16)11-14/h4-8,11-13H,1,9-10H2,2-3H3. The lowest BCUT2D eigenvalue weighted by atomic mass is 9.98. The average molecular weight is 398 g/mol. The summed E-state index contributed by atoms with van der Waals surface area (Å²) in [6.45, 7) is 6.80. The van der Waals surface area contributed by atoms with Crippen LogP contribution in [0.5, 0.6) is 5.75 Å². The van der Waals surface area contributed by atoms with E-state index in [0.29, 0.717) is 22.8 Å². The molecule has 3 rings (SSSR count). The van der Waals surface area contributed by atoms with Gasteiger partial charge in [0.25, 0.3) is 0 Å². The van der Waals surface area contributed by atoms with Crippen molar-refractivity contribution in [1.82, 2.24) is 0 Å². The zero-order chi connectivity index (χ0) is 21.1. The lowest BCUT2D eigenvalue weighted by Gasteiger charge is -2.12. The minimum Gasteiger partial charge on any atom is -0.462 e. The summed E-state index contributed by atoms with van der Waals surface area (Å²) in [7, 11) is 0. The van der Waals surface area contributed by atoms with Crippen LogP contribution >= 0.6 is 0 Å². The van der Waals surface area contributed by atoms with E-state index in [9.17, 15) is 18.4 Å². The predicted molar refractivity (Wildman–Crippen MR) is 107 cm³/mol. The Morgan fingerprint density at radius 3 is 2.24 bits per heavy atom. The molecule has 0 atom stereocenters. The van der Waals surface area contributed by atoms with Gasteiger partial charge in [-0.1, -0.05) is 32.6 Å². The van der Waals surface area contributed by atoms with Gasteiger partial charge < -0.3 is 9.47 Å². The molecule has 6 heteroatoms. The third-order valence-electron chi connectivity index (χ3n) is 4.52. The molecule has 29 heavy (non-hydrogen) atoms. The van der Waals surface area contributed by atoms with Crippen LogP contribution in [0.1, 0.15) is 19.4 Å². The number of benzene rings is 3. The number of rotatable bonds is 6. The van der Waals surface area contributed by atoms with E-state index in [1.807, 2.05) is 0 Å². The van der Waals surface area contributed by atoms with Crippen LogP contribution in [-0.4, -0.2) is 18.5 Å². The molecule has 0 spiro atoms. The number of carbonyl (C=O) groups is 2. The molecule has 0 heterocycles. The fourth-order valence-corrected chi connectivity index (χ4v) is 2.97. The van der Waals surface area contributed by atoms with Gasteiger partial charge in [0.1, 0.15) is 5.75 Å². The fourth-order valence-electron chi connectivity index (χ4n) is 2.97. The predicted octanol–water partition coefficient (Wildman–Crippen LogP) is 5.10. The Morgan fingerprint density at radius 2 is 1.62 bits per heavy atom. The highest BCUT2D eigenvalue weighted by molar-refractivity contribution is 6.08. The van der Waals surface area contributed by atoms with E-state index in [2.05, 4.69) is 6.58 Å². The molecule has 0 amide bonds. The Balaban J connectivity index is 1.99. The summed E-state index contributed by atoms with van der Waals surface area (Å²) < 4.78 is 39.6. The van der Waals surface area contributed by atoms with Crippen LogP contribution in [0.15, 0.2) is 49.1 Å². The van der Waals surface area contributed by atoms with Crippen molar-refractivity contribution in [3.8, 4) is 5.75 Å². The first-order chi connectivity index (χ1) is 13.8. The Kier molecular flexibility index (Phi) is 5.92. The number of carbonyl (C=O) groups excluding carboxylic acids is 2. The number of hydrogen-bond donors (Lipinski definition) is 0. The molecule has 0 N–H and O–H groups in total. The molecule has 0 bridgehead atoms. The lowest BCUT2D eigenvalue weighted by molar-refractivity contribution is -0.138. The molecule has 0 aliphatic rings. The molecule has 0 saturated carbocycles. The second kappa shape index (κ2) is 8.39. The normalized spacial score (nSPS) is 11.1. The monoisotopic (exact) mass is 398 g/mol. The smallest absolute Gasteiger partial charge is 0.330 e. The van der Waals surface area contributed by atoms with Crippen molar-refractivity contribution in [1.29, 1.82) is 0 Å². The van der Waals surface area contributed by atoms with Crippen molar-refractivity contribution in [2.24, 2.45) is 5.92 Å². The SMILES string of the molecule is C=CC(=O)OCCc1ccc2c(c1)c(F)c(F)c1cc(OC(=O)C(C)C)ccc12. The Labute approximate surface area is 166 Å². The first-order valence-electron chi connectivity index (χ1n) is 9.16. The summed E-state index contributed by atoms with van der Waals surface area (Å²) in [6, 6.07) is 9.51. The first-order valence-corrected chi connectivity index (χ1v) is 9.16. The minimum atomic E-state index is -1.01. The molecule has 4 nitrogen and oxygen atoms in total. The van der Waals surface area contributed by atoms with E-state index in [1.54, 1.807) is 44.2 Å². The zero-order valence-corrected chi connectivity index (χ0v) is 16.1. The largest absolute Gasteiger partial charge is 0.462 e. The molecule has 0 unspecified atom stereocenters. The highest BCUT2D eigenvalue weighted by Crippen LogP contribution is 2.34. The molecule has 0 radical (unpaired) electrons. The van der Waals surface area contributed by atoms with Gasteiger partial charge in [-0.15, -0.1) is 0 Å². The number of ether oxygens (including phenoxy) is 2. The van der Waals surface area contributed by atoms with E-state index in [-0.39, 0.29) is 29.0 Å². The second-order valence-electron chi connectivity index (χ2n) is 6.91. The molecule has 0 fully saturated rings. The summed E-state index contributed by atoms with van der Waals surface area (Å²) in [5.74, 6) is -3.16. The molecular formula is C23H20F2O4. The summed E-state index contributed by atoms with van der Waals surface area (Å²) in [4.78, 5) is 22.9. The number of esters is 2. The summed E-state index contributed by atoms with van der Waals surface area (Å²) in [6.07, 6.45) is 1.42.